The molecule has 110 valence electrons. The summed E-state index contributed by atoms with van der Waals surface area (Å²) in [5.41, 5.74) is 1.32. The highest BCUT2D eigenvalue weighted by molar-refractivity contribution is 6.50. The minimum Gasteiger partial charge on any atom is -0.286 e. The van der Waals surface area contributed by atoms with Gasteiger partial charge in [0.2, 0.25) is 11.6 Å². The largest absolute Gasteiger partial charge is 0.286 e. The molecule has 0 amide bonds. The maximum absolute atomic E-state index is 11.9. The van der Waals surface area contributed by atoms with E-state index in [0.717, 1.165) is 21.7 Å². The van der Waals surface area contributed by atoms with Crippen molar-refractivity contribution in [3.8, 4) is 0 Å². The van der Waals surface area contributed by atoms with Crippen LogP contribution in [0.1, 0.15) is 15.9 Å². The number of Topliss-reactive ketones (excluding diaryl/α,β-unsaturated/α-hetero) is 1. The number of halogens is 2. The first-order chi connectivity index (χ1) is 9.72. The molecular formula is C18H12Cl2O2. The lowest BCUT2D eigenvalue weighted by molar-refractivity contribution is -0.110. The maximum atomic E-state index is 11.9. The zero-order valence-electron chi connectivity index (χ0n) is 11.4. The summed E-state index contributed by atoms with van der Waals surface area (Å²) in [6.45, 7) is 0. The number of hydrogen-bond acceptors (Lipinski definition) is 2. The molecule has 1 aliphatic rings. The normalized spacial score (nSPS) is 12.7. The third-order valence-electron chi connectivity index (χ3n) is 3.76. The smallest absolute Gasteiger partial charge is 0.233 e. The molecule has 0 atom stereocenters. The van der Waals surface area contributed by atoms with Crippen molar-refractivity contribution in [1.82, 2.24) is 0 Å². The highest BCUT2D eigenvalue weighted by Gasteiger charge is 2.21. The Kier molecular flexibility index (Phi) is 4.36. The molecule has 3 aromatic rings. The van der Waals surface area contributed by atoms with E-state index in [-0.39, 0.29) is 24.8 Å². The number of allylic oxidation sites excluding steroid dienone is 1. The van der Waals surface area contributed by atoms with Crippen LogP contribution in [0.4, 0.5) is 0 Å². The van der Waals surface area contributed by atoms with Gasteiger partial charge in [0.1, 0.15) is 0 Å². The van der Waals surface area contributed by atoms with Crippen LogP contribution in [0.3, 0.4) is 0 Å². The third kappa shape index (κ3) is 2.41. The molecule has 0 saturated carbocycles. The highest BCUT2D eigenvalue weighted by Crippen LogP contribution is 2.28. The van der Waals surface area contributed by atoms with E-state index >= 15 is 0 Å². The molecule has 0 fully saturated rings. The number of carbonyl (C=O) groups excluding carboxylic acids is 2. The van der Waals surface area contributed by atoms with E-state index in [4.69, 9.17) is 0 Å². The monoisotopic (exact) mass is 330 g/mol. The zero-order chi connectivity index (χ0) is 13.7. The van der Waals surface area contributed by atoms with E-state index in [0.29, 0.717) is 5.56 Å². The van der Waals surface area contributed by atoms with Gasteiger partial charge < -0.3 is 0 Å². The average molecular weight is 331 g/mol. The zero-order valence-corrected chi connectivity index (χ0v) is 13.0. The fourth-order valence-corrected chi connectivity index (χ4v) is 2.72. The number of carbonyl (C=O) groups is 2. The standard InChI is InChI=1S/C18H10O2.2ClH/c19-17-6-5-13-9-14-7-11-3-1-2-4-12(11)8-15(14)10-16(13)18(17)20;;/h1-10H;2*1H. The second-order valence-electron chi connectivity index (χ2n) is 5.01. The number of rotatable bonds is 0. The van der Waals surface area contributed by atoms with Crippen molar-refractivity contribution in [2.45, 2.75) is 0 Å². The van der Waals surface area contributed by atoms with Gasteiger partial charge in [-0.25, -0.2) is 0 Å². The minimum atomic E-state index is -0.447. The second-order valence-corrected chi connectivity index (χ2v) is 5.01. The summed E-state index contributed by atoms with van der Waals surface area (Å²) in [5, 5.41) is 4.36. The topological polar surface area (TPSA) is 34.1 Å². The van der Waals surface area contributed by atoms with Crippen LogP contribution in [0.15, 0.2) is 54.6 Å². The Morgan fingerprint density at radius 1 is 0.636 bits per heavy atom. The van der Waals surface area contributed by atoms with E-state index in [1.165, 1.54) is 11.5 Å². The van der Waals surface area contributed by atoms with Crippen LogP contribution in [0, 0.1) is 0 Å². The van der Waals surface area contributed by atoms with Crippen molar-refractivity contribution >= 4 is 64.0 Å². The van der Waals surface area contributed by atoms with Gasteiger partial charge in [-0.2, -0.15) is 0 Å². The quantitative estimate of drug-likeness (QED) is 0.445. The van der Waals surface area contributed by atoms with Gasteiger partial charge in [0.25, 0.3) is 0 Å². The van der Waals surface area contributed by atoms with Crippen molar-refractivity contribution in [1.29, 1.82) is 0 Å². The van der Waals surface area contributed by atoms with Gasteiger partial charge in [0.05, 0.1) is 0 Å². The van der Waals surface area contributed by atoms with Crippen LogP contribution < -0.4 is 0 Å². The Bertz CT molecular complexity index is 942. The summed E-state index contributed by atoms with van der Waals surface area (Å²) in [4.78, 5) is 23.4. The van der Waals surface area contributed by atoms with Gasteiger partial charge in [-0.15, -0.1) is 24.8 Å². The Hall–Kier alpha value is -2.16. The number of ketones is 2. The third-order valence-corrected chi connectivity index (χ3v) is 3.76. The Morgan fingerprint density at radius 2 is 1.23 bits per heavy atom. The Morgan fingerprint density at radius 3 is 1.86 bits per heavy atom. The van der Waals surface area contributed by atoms with E-state index in [1.807, 2.05) is 30.3 Å². The van der Waals surface area contributed by atoms with Crippen molar-refractivity contribution in [2.24, 2.45) is 0 Å². The van der Waals surface area contributed by atoms with E-state index in [9.17, 15) is 9.59 Å². The molecule has 0 saturated heterocycles. The van der Waals surface area contributed by atoms with Crippen molar-refractivity contribution in [2.75, 3.05) is 0 Å². The summed E-state index contributed by atoms with van der Waals surface area (Å²) in [7, 11) is 0. The Balaban J connectivity index is 0.000000882. The van der Waals surface area contributed by atoms with Gasteiger partial charge in [0.15, 0.2) is 0 Å². The molecule has 22 heavy (non-hydrogen) atoms. The molecule has 0 spiro atoms. The van der Waals surface area contributed by atoms with Crippen LogP contribution in [0.2, 0.25) is 0 Å². The molecule has 3 aromatic carbocycles. The lowest BCUT2D eigenvalue weighted by atomic mass is 9.91. The predicted molar refractivity (Wildman–Crippen MR) is 94.3 cm³/mol. The molecule has 1 aliphatic carbocycles. The van der Waals surface area contributed by atoms with Gasteiger partial charge in [-0.3, -0.25) is 9.59 Å². The molecular weight excluding hydrogens is 319 g/mol. The van der Waals surface area contributed by atoms with Gasteiger partial charge in [0, 0.05) is 5.56 Å². The number of benzene rings is 3. The first kappa shape index (κ1) is 16.2. The molecule has 0 N–H and O–H groups in total. The summed E-state index contributed by atoms with van der Waals surface area (Å²) in [6, 6.07) is 16.1. The second kappa shape index (κ2) is 5.91. The fourth-order valence-electron chi connectivity index (χ4n) is 2.72. The van der Waals surface area contributed by atoms with Gasteiger partial charge in [-0.1, -0.05) is 30.3 Å². The molecule has 0 heterocycles. The number of fused-ring (bicyclic) bond motifs is 3. The van der Waals surface area contributed by atoms with Crippen molar-refractivity contribution in [3.63, 3.8) is 0 Å². The van der Waals surface area contributed by atoms with Crippen LogP contribution in [0.5, 0.6) is 0 Å². The molecule has 2 nitrogen and oxygen atoms in total. The highest BCUT2D eigenvalue weighted by atomic mass is 35.5. The molecule has 0 radical (unpaired) electrons. The average Bonchev–Trinajstić information content (AvgIpc) is 2.47. The van der Waals surface area contributed by atoms with Gasteiger partial charge >= 0.3 is 0 Å². The molecule has 4 heteroatoms. The van der Waals surface area contributed by atoms with Crippen molar-refractivity contribution in [3.05, 3.63) is 65.7 Å². The number of hydrogen-bond donors (Lipinski definition) is 0. The summed E-state index contributed by atoms with van der Waals surface area (Å²) >= 11 is 0. The first-order valence-corrected chi connectivity index (χ1v) is 6.46. The lowest BCUT2D eigenvalue weighted by Crippen LogP contribution is -2.15. The molecule has 0 unspecified atom stereocenters. The lowest BCUT2D eigenvalue weighted by Gasteiger charge is -2.11. The van der Waals surface area contributed by atoms with Crippen LogP contribution in [-0.4, -0.2) is 11.6 Å². The first-order valence-electron chi connectivity index (χ1n) is 6.46. The minimum absolute atomic E-state index is 0. The predicted octanol–water partition coefficient (Wildman–Crippen LogP) is 4.62. The van der Waals surface area contributed by atoms with E-state index < -0.39 is 11.6 Å². The van der Waals surface area contributed by atoms with Crippen LogP contribution >= 0.6 is 24.8 Å². The summed E-state index contributed by atoms with van der Waals surface area (Å²) in [5.74, 6) is -0.866. The van der Waals surface area contributed by atoms with Crippen LogP contribution in [0.25, 0.3) is 27.6 Å². The van der Waals surface area contributed by atoms with E-state index in [2.05, 4.69) is 18.2 Å². The maximum Gasteiger partial charge on any atom is 0.233 e. The van der Waals surface area contributed by atoms with Crippen LogP contribution in [-0.2, 0) is 4.79 Å². The molecule has 4 rings (SSSR count). The summed E-state index contributed by atoms with van der Waals surface area (Å²) in [6.07, 6.45) is 3.06. The SMILES string of the molecule is Cl.Cl.O=C1C=Cc2cc3cc4ccccc4cc3cc2C1=O. The Labute approximate surface area is 139 Å². The van der Waals surface area contributed by atoms with Gasteiger partial charge in [-0.05, 0) is 57.4 Å². The van der Waals surface area contributed by atoms with Crippen molar-refractivity contribution < 1.29 is 9.59 Å². The molecule has 0 aromatic heterocycles. The summed E-state index contributed by atoms with van der Waals surface area (Å²) < 4.78 is 0. The molecule has 0 aliphatic heterocycles. The van der Waals surface area contributed by atoms with E-state index in [1.54, 1.807) is 6.08 Å². The fraction of sp³-hybridized carbons (Fsp3) is 0. The molecule has 0 bridgehead atoms.